The summed E-state index contributed by atoms with van der Waals surface area (Å²) in [6, 6.07) is 0. The number of cyclic esters (lactones) is 1. The lowest BCUT2D eigenvalue weighted by Gasteiger charge is -2.22. The van der Waals surface area contributed by atoms with Gasteiger partial charge in [0.25, 0.3) is 0 Å². The predicted molar refractivity (Wildman–Crippen MR) is 40.7 cm³/mol. The Labute approximate surface area is 66.2 Å². The summed E-state index contributed by atoms with van der Waals surface area (Å²) in [6.07, 6.45) is 4.99. The van der Waals surface area contributed by atoms with Gasteiger partial charge in [0, 0.05) is 0 Å². The monoisotopic (exact) mass is 152 g/mol. The van der Waals surface area contributed by atoms with Gasteiger partial charge < -0.3 is 4.74 Å². The largest absolute Gasteiger partial charge is 0.434 e. The van der Waals surface area contributed by atoms with Crippen molar-refractivity contribution in [3.8, 4) is 0 Å². The van der Waals surface area contributed by atoms with Crippen LogP contribution in [-0.4, -0.2) is 5.97 Å². The lowest BCUT2D eigenvalue weighted by Crippen LogP contribution is -2.24. The summed E-state index contributed by atoms with van der Waals surface area (Å²) in [7, 11) is 0. The third-order valence-corrected chi connectivity index (χ3v) is 2.76. The fraction of sp³-hybridized carbons (Fsp3) is 0.667. The van der Waals surface area contributed by atoms with Gasteiger partial charge in [-0.25, -0.2) is 0 Å². The third-order valence-electron chi connectivity index (χ3n) is 2.76. The lowest BCUT2D eigenvalue weighted by molar-refractivity contribution is -0.145. The molecule has 1 fully saturated rings. The van der Waals surface area contributed by atoms with Crippen molar-refractivity contribution >= 4 is 5.97 Å². The second-order valence-electron chi connectivity index (χ2n) is 3.44. The van der Waals surface area contributed by atoms with Gasteiger partial charge in [0.15, 0.2) is 0 Å². The van der Waals surface area contributed by atoms with Crippen LogP contribution >= 0.6 is 0 Å². The highest BCUT2D eigenvalue weighted by Gasteiger charge is 2.37. The number of fused-ring (bicyclic) bond motifs is 1. The maximum absolute atomic E-state index is 11.2. The highest BCUT2D eigenvalue weighted by atomic mass is 16.5. The van der Waals surface area contributed by atoms with Crippen molar-refractivity contribution in [1.29, 1.82) is 0 Å². The number of carbonyl (C=O) groups excluding carboxylic acids is 1. The minimum atomic E-state index is -0.0156. The second kappa shape index (κ2) is 2.36. The van der Waals surface area contributed by atoms with Crippen LogP contribution in [0.1, 0.15) is 26.2 Å². The molecule has 0 saturated heterocycles. The molecule has 0 aromatic carbocycles. The highest BCUT2D eigenvalue weighted by molar-refractivity contribution is 5.75. The summed E-state index contributed by atoms with van der Waals surface area (Å²) in [4.78, 5) is 11.2. The molecule has 0 unspecified atom stereocenters. The number of rotatable bonds is 0. The Hall–Kier alpha value is -0.790. The minimum Gasteiger partial charge on any atom is -0.434 e. The number of hydrogen-bond donors (Lipinski definition) is 0. The number of carbonyl (C=O) groups is 1. The van der Waals surface area contributed by atoms with Gasteiger partial charge in [-0.15, -0.1) is 0 Å². The first kappa shape index (κ1) is 6.89. The Balaban J connectivity index is 2.27. The SMILES string of the molecule is CC1=COC(=O)[C@H]2CCC[C@H]12. The number of esters is 1. The van der Waals surface area contributed by atoms with Crippen LogP contribution in [0.15, 0.2) is 11.8 Å². The molecule has 11 heavy (non-hydrogen) atoms. The molecule has 1 heterocycles. The van der Waals surface area contributed by atoms with Crippen LogP contribution in [0.5, 0.6) is 0 Å². The van der Waals surface area contributed by atoms with Crippen molar-refractivity contribution in [2.45, 2.75) is 26.2 Å². The number of allylic oxidation sites excluding steroid dienone is 1. The average molecular weight is 152 g/mol. The highest BCUT2D eigenvalue weighted by Crippen LogP contribution is 2.39. The van der Waals surface area contributed by atoms with E-state index in [1.807, 2.05) is 0 Å². The predicted octanol–water partition coefficient (Wildman–Crippen LogP) is 1.86. The van der Waals surface area contributed by atoms with E-state index >= 15 is 0 Å². The number of ether oxygens (including phenoxy) is 1. The van der Waals surface area contributed by atoms with Crippen LogP contribution in [0.25, 0.3) is 0 Å². The van der Waals surface area contributed by atoms with E-state index in [0.717, 1.165) is 6.42 Å². The summed E-state index contributed by atoms with van der Waals surface area (Å²) in [5.74, 6) is 0.661. The van der Waals surface area contributed by atoms with E-state index in [4.69, 9.17) is 4.74 Å². The molecule has 0 spiro atoms. The topological polar surface area (TPSA) is 26.3 Å². The fourth-order valence-electron chi connectivity index (χ4n) is 2.11. The van der Waals surface area contributed by atoms with Crippen molar-refractivity contribution in [1.82, 2.24) is 0 Å². The molecule has 2 nitrogen and oxygen atoms in total. The summed E-state index contributed by atoms with van der Waals surface area (Å²) in [6.45, 7) is 2.05. The van der Waals surface area contributed by atoms with E-state index < -0.39 is 0 Å². The van der Waals surface area contributed by atoms with E-state index in [1.165, 1.54) is 18.4 Å². The molecule has 0 radical (unpaired) electrons. The quantitative estimate of drug-likeness (QED) is 0.495. The summed E-state index contributed by atoms with van der Waals surface area (Å²) in [5, 5.41) is 0. The molecule has 2 aliphatic rings. The Morgan fingerprint density at radius 3 is 2.91 bits per heavy atom. The van der Waals surface area contributed by atoms with Crippen LogP contribution in [0.4, 0.5) is 0 Å². The van der Waals surface area contributed by atoms with Gasteiger partial charge >= 0.3 is 5.97 Å². The molecule has 1 saturated carbocycles. The van der Waals surface area contributed by atoms with Gasteiger partial charge in [-0.3, -0.25) is 4.79 Å². The minimum absolute atomic E-state index is 0.0156. The summed E-state index contributed by atoms with van der Waals surface area (Å²) < 4.78 is 4.90. The molecule has 2 rings (SSSR count). The van der Waals surface area contributed by atoms with Crippen molar-refractivity contribution < 1.29 is 9.53 Å². The molecule has 0 amide bonds. The molecule has 2 atom stereocenters. The first-order valence-corrected chi connectivity index (χ1v) is 4.16. The van der Waals surface area contributed by atoms with Crippen molar-refractivity contribution in [3.63, 3.8) is 0 Å². The maximum atomic E-state index is 11.2. The number of hydrogen-bond acceptors (Lipinski definition) is 2. The molecule has 60 valence electrons. The van der Waals surface area contributed by atoms with E-state index in [0.29, 0.717) is 5.92 Å². The molecule has 0 aromatic heterocycles. The first-order chi connectivity index (χ1) is 5.29. The molecule has 0 N–H and O–H groups in total. The van der Waals surface area contributed by atoms with E-state index in [2.05, 4.69) is 6.92 Å². The molecule has 0 bridgehead atoms. The van der Waals surface area contributed by atoms with Crippen molar-refractivity contribution in [2.24, 2.45) is 11.8 Å². The smallest absolute Gasteiger partial charge is 0.314 e. The average Bonchev–Trinajstić information content (AvgIpc) is 2.45. The Morgan fingerprint density at radius 2 is 2.18 bits per heavy atom. The zero-order valence-corrected chi connectivity index (χ0v) is 6.67. The molecule has 1 aliphatic carbocycles. The van der Waals surface area contributed by atoms with Gasteiger partial charge in [-0.05, 0) is 31.3 Å². The van der Waals surface area contributed by atoms with Gasteiger partial charge in [0.2, 0.25) is 0 Å². The van der Waals surface area contributed by atoms with Crippen molar-refractivity contribution in [2.75, 3.05) is 0 Å². The van der Waals surface area contributed by atoms with E-state index in [-0.39, 0.29) is 11.9 Å². The van der Waals surface area contributed by atoms with Crippen LogP contribution in [0, 0.1) is 11.8 Å². The Kier molecular flexibility index (Phi) is 1.48. The van der Waals surface area contributed by atoms with Gasteiger partial charge in [0.1, 0.15) is 0 Å². The molecule has 0 aromatic rings. The van der Waals surface area contributed by atoms with Gasteiger partial charge in [-0.2, -0.15) is 0 Å². The molecular formula is C9H12O2. The van der Waals surface area contributed by atoms with Gasteiger partial charge in [-0.1, -0.05) is 6.42 Å². The fourth-order valence-corrected chi connectivity index (χ4v) is 2.11. The van der Waals surface area contributed by atoms with Gasteiger partial charge in [0.05, 0.1) is 12.2 Å². The first-order valence-electron chi connectivity index (χ1n) is 4.16. The van der Waals surface area contributed by atoms with Crippen LogP contribution < -0.4 is 0 Å². The zero-order chi connectivity index (χ0) is 7.84. The molecule has 2 heteroatoms. The summed E-state index contributed by atoms with van der Waals surface area (Å²) in [5.41, 5.74) is 1.24. The summed E-state index contributed by atoms with van der Waals surface area (Å²) >= 11 is 0. The second-order valence-corrected chi connectivity index (χ2v) is 3.44. The van der Waals surface area contributed by atoms with E-state index in [9.17, 15) is 4.79 Å². The van der Waals surface area contributed by atoms with Crippen molar-refractivity contribution in [3.05, 3.63) is 11.8 Å². The van der Waals surface area contributed by atoms with Crippen LogP contribution in [0.2, 0.25) is 0 Å². The standard InChI is InChI=1S/C9H12O2/c1-6-5-11-9(10)8-4-2-3-7(6)8/h5,7-8H,2-4H2,1H3/t7-,8+/m1/s1. The zero-order valence-electron chi connectivity index (χ0n) is 6.67. The maximum Gasteiger partial charge on any atom is 0.314 e. The third kappa shape index (κ3) is 0.971. The normalized spacial score (nSPS) is 36.1. The Bertz CT molecular complexity index is 218. The Morgan fingerprint density at radius 1 is 1.45 bits per heavy atom. The lowest BCUT2D eigenvalue weighted by atomic mass is 9.89. The molecule has 1 aliphatic heterocycles. The van der Waals surface area contributed by atoms with Crippen LogP contribution in [-0.2, 0) is 9.53 Å². The van der Waals surface area contributed by atoms with Crippen LogP contribution in [0.3, 0.4) is 0 Å². The molecular weight excluding hydrogens is 140 g/mol. The van der Waals surface area contributed by atoms with E-state index in [1.54, 1.807) is 6.26 Å².